The van der Waals surface area contributed by atoms with Gasteiger partial charge in [-0.2, -0.15) is 0 Å². The summed E-state index contributed by atoms with van der Waals surface area (Å²) in [4.78, 5) is 4.12. The van der Waals surface area contributed by atoms with Gasteiger partial charge in [0.1, 0.15) is 0 Å². The van der Waals surface area contributed by atoms with Crippen LogP contribution in [0.5, 0.6) is 0 Å². The van der Waals surface area contributed by atoms with Crippen LogP contribution in [-0.2, 0) is 6.42 Å². The van der Waals surface area contributed by atoms with Crippen molar-refractivity contribution in [3.05, 3.63) is 30.1 Å². The minimum Gasteiger partial charge on any atom is -0.313 e. The second-order valence-corrected chi connectivity index (χ2v) is 4.42. The maximum Gasteiger partial charge on any atom is 0.0300 e. The van der Waals surface area contributed by atoms with Crippen molar-refractivity contribution in [2.75, 3.05) is 6.54 Å². The van der Waals surface area contributed by atoms with E-state index in [1.807, 2.05) is 18.5 Å². The van der Waals surface area contributed by atoms with Gasteiger partial charge in [0.2, 0.25) is 0 Å². The zero-order valence-electron chi connectivity index (χ0n) is 9.45. The zero-order chi connectivity index (χ0) is 10.5. The van der Waals surface area contributed by atoms with Gasteiger partial charge < -0.3 is 5.32 Å². The molecule has 0 spiro atoms. The molecule has 1 fully saturated rings. The number of nitrogens with one attached hydrogen (secondary N) is 1. The van der Waals surface area contributed by atoms with Gasteiger partial charge in [-0.3, -0.25) is 4.98 Å². The Balaban J connectivity index is 1.69. The van der Waals surface area contributed by atoms with E-state index in [9.17, 15) is 0 Å². The van der Waals surface area contributed by atoms with Gasteiger partial charge in [-0.1, -0.05) is 13.0 Å². The summed E-state index contributed by atoms with van der Waals surface area (Å²) in [6.07, 6.45) is 9.00. The van der Waals surface area contributed by atoms with Crippen molar-refractivity contribution < 1.29 is 0 Å². The average molecular weight is 204 g/mol. The first-order chi connectivity index (χ1) is 7.40. The molecule has 0 saturated heterocycles. The van der Waals surface area contributed by atoms with E-state index in [0.717, 1.165) is 24.9 Å². The summed E-state index contributed by atoms with van der Waals surface area (Å²) >= 11 is 0. The summed E-state index contributed by atoms with van der Waals surface area (Å²) in [5, 5.41) is 3.65. The van der Waals surface area contributed by atoms with Gasteiger partial charge in [-0.25, -0.2) is 0 Å². The van der Waals surface area contributed by atoms with Gasteiger partial charge in [-0.15, -0.1) is 0 Å². The van der Waals surface area contributed by atoms with Crippen molar-refractivity contribution in [1.82, 2.24) is 10.3 Å². The predicted molar refractivity (Wildman–Crippen MR) is 62.7 cm³/mol. The maximum atomic E-state index is 4.12. The summed E-state index contributed by atoms with van der Waals surface area (Å²) in [6.45, 7) is 3.36. The highest BCUT2D eigenvalue weighted by molar-refractivity contribution is 5.08. The lowest BCUT2D eigenvalue weighted by molar-refractivity contribution is 0.453. The first kappa shape index (κ1) is 10.6. The first-order valence-electron chi connectivity index (χ1n) is 6.02. The number of pyridine rings is 1. The molecule has 1 atom stereocenters. The molecule has 1 unspecified atom stereocenters. The number of aromatic nitrogens is 1. The minimum absolute atomic E-state index is 0.752. The average Bonchev–Trinajstić information content (AvgIpc) is 3.10. The van der Waals surface area contributed by atoms with Crippen molar-refractivity contribution in [2.45, 2.75) is 38.6 Å². The Hall–Kier alpha value is -0.890. The van der Waals surface area contributed by atoms with Crippen molar-refractivity contribution in [1.29, 1.82) is 0 Å². The van der Waals surface area contributed by atoms with Gasteiger partial charge in [0.25, 0.3) is 0 Å². The lowest BCUT2D eigenvalue weighted by Gasteiger charge is -2.15. The summed E-state index contributed by atoms with van der Waals surface area (Å²) in [6, 6.07) is 4.90. The highest BCUT2D eigenvalue weighted by atomic mass is 14.9. The number of hydrogen-bond donors (Lipinski definition) is 1. The van der Waals surface area contributed by atoms with Crippen LogP contribution in [0.15, 0.2) is 24.5 Å². The second kappa shape index (κ2) is 5.26. The molecule has 2 nitrogen and oxygen atoms in total. The molecule has 0 radical (unpaired) electrons. The third-order valence-corrected chi connectivity index (χ3v) is 3.17. The van der Waals surface area contributed by atoms with Gasteiger partial charge in [0.05, 0.1) is 0 Å². The van der Waals surface area contributed by atoms with Crippen molar-refractivity contribution in [3.63, 3.8) is 0 Å². The molecule has 1 heterocycles. The minimum atomic E-state index is 0.752. The molecular formula is C13H20N2. The smallest absolute Gasteiger partial charge is 0.0300 e. The molecule has 0 amide bonds. The summed E-state index contributed by atoms with van der Waals surface area (Å²) < 4.78 is 0. The molecule has 0 bridgehead atoms. The van der Waals surface area contributed by atoms with Gasteiger partial charge in [0, 0.05) is 18.4 Å². The van der Waals surface area contributed by atoms with E-state index in [4.69, 9.17) is 0 Å². The van der Waals surface area contributed by atoms with Crippen LogP contribution in [-0.4, -0.2) is 17.6 Å². The Labute approximate surface area is 92.1 Å². The molecule has 0 aliphatic heterocycles. The van der Waals surface area contributed by atoms with Crippen molar-refractivity contribution in [3.8, 4) is 0 Å². The molecule has 2 rings (SSSR count). The van der Waals surface area contributed by atoms with Gasteiger partial charge in [-0.05, 0) is 49.8 Å². The highest BCUT2D eigenvalue weighted by Gasteiger charge is 2.29. The molecule has 0 aromatic carbocycles. The van der Waals surface area contributed by atoms with Gasteiger partial charge >= 0.3 is 0 Å². The fourth-order valence-electron chi connectivity index (χ4n) is 2.09. The third-order valence-electron chi connectivity index (χ3n) is 3.17. The SMILES string of the molecule is CCC(NCCc1cccnc1)C1CC1. The Kier molecular flexibility index (Phi) is 3.73. The third kappa shape index (κ3) is 3.31. The standard InChI is InChI=1S/C13H20N2/c1-2-13(12-5-6-12)15-9-7-11-4-3-8-14-10-11/h3-4,8,10,12-13,15H,2,5-7,9H2,1H3. The van der Waals surface area contributed by atoms with Gasteiger partial charge in [0.15, 0.2) is 0 Å². The van der Waals surface area contributed by atoms with Crippen molar-refractivity contribution >= 4 is 0 Å². The molecule has 2 heteroatoms. The molecule has 1 saturated carbocycles. The van der Waals surface area contributed by atoms with E-state index in [1.54, 1.807) is 0 Å². The Morgan fingerprint density at radius 2 is 2.40 bits per heavy atom. The quantitative estimate of drug-likeness (QED) is 0.769. The first-order valence-corrected chi connectivity index (χ1v) is 6.02. The van der Waals surface area contributed by atoms with E-state index >= 15 is 0 Å². The number of hydrogen-bond acceptors (Lipinski definition) is 2. The zero-order valence-corrected chi connectivity index (χ0v) is 9.45. The van der Waals surface area contributed by atoms with Crippen molar-refractivity contribution in [2.24, 2.45) is 5.92 Å². The molecule has 1 aliphatic rings. The van der Waals surface area contributed by atoms with Crippen LogP contribution in [0.1, 0.15) is 31.7 Å². The van der Waals surface area contributed by atoms with Crippen LogP contribution >= 0.6 is 0 Å². The lowest BCUT2D eigenvalue weighted by atomic mass is 10.1. The molecule has 1 aromatic heterocycles. The highest BCUT2D eigenvalue weighted by Crippen LogP contribution is 2.33. The van der Waals surface area contributed by atoms with Crippen LogP contribution in [0.2, 0.25) is 0 Å². The lowest BCUT2D eigenvalue weighted by Crippen LogP contribution is -2.32. The number of nitrogens with zero attached hydrogens (tertiary/aromatic N) is 1. The van der Waals surface area contributed by atoms with E-state index in [-0.39, 0.29) is 0 Å². The molecule has 1 aromatic rings. The molecular weight excluding hydrogens is 184 g/mol. The van der Waals surface area contributed by atoms with E-state index in [2.05, 4.69) is 23.3 Å². The Morgan fingerprint density at radius 3 is 3.00 bits per heavy atom. The Bertz CT molecular complexity index is 280. The van der Waals surface area contributed by atoms with Crippen LogP contribution in [0.4, 0.5) is 0 Å². The molecule has 1 N–H and O–H groups in total. The second-order valence-electron chi connectivity index (χ2n) is 4.42. The largest absolute Gasteiger partial charge is 0.313 e. The summed E-state index contributed by atoms with van der Waals surface area (Å²) in [5.41, 5.74) is 1.33. The van der Waals surface area contributed by atoms with Crippen LogP contribution in [0.3, 0.4) is 0 Å². The number of rotatable bonds is 6. The summed E-state index contributed by atoms with van der Waals surface area (Å²) in [5.74, 6) is 0.962. The predicted octanol–water partition coefficient (Wildman–Crippen LogP) is 2.40. The molecule has 15 heavy (non-hydrogen) atoms. The van der Waals surface area contributed by atoms with Crippen LogP contribution < -0.4 is 5.32 Å². The normalized spacial score (nSPS) is 17.7. The van der Waals surface area contributed by atoms with E-state index < -0.39 is 0 Å². The molecule has 82 valence electrons. The fraction of sp³-hybridized carbons (Fsp3) is 0.615. The fourth-order valence-corrected chi connectivity index (χ4v) is 2.09. The topological polar surface area (TPSA) is 24.9 Å². The van der Waals surface area contributed by atoms with Crippen LogP contribution in [0.25, 0.3) is 0 Å². The maximum absolute atomic E-state index is 4.12. The Morgan fingerprint density at radius 1 is 1.53 bits per heavy atom. The van der Waals surface area contributed by atoms with Crippen LogP contribution in [0, 0.1) is 5.92 Å². The van der Waals surface area contributed by atoms with E-state index in [1.165, 1.54) is 24.8 Å². The molecule has 1 aliphatic carbocycles. The summed E-state index contributed by atoms with van der Waals surface area (Å²) in [7, 11) is 0. The van der Waals surface area contributed by atoms with E-state index in [0.29, 0.717) is 0 Å². The monoisotopic (exact) mass is 204 g/mol.